The van der Waals surface area contributed by atoms with E-state index < -0.39 is 10.0 Å². The van der Waals surface area contributed by atoms with Crippen molar-refractivity contribution in [2.75, 3.05) is 27.2 Å². The molecule has 0 atom stereocenters. The van der Waals surface area contributed by atoms with Crippen LogP contribution >= 0.6 is 27.5 Å². The molecule has 0 N–H and O–H groups in total. The zero-order valence-corrected chi connectivity index (χ0v) is 20.8. The maximum atomic E-state index is 14.0. The van der Waals surface area contributed by atoms with Crippen LogP contribution in [0.3, 0.4) is 0 Å². The van der Waals surface area contributed by atoms with Crippen molar-refractivity contribution in [1.29, 1.82) is 0 Å². The van der Waals surface area contributed by atoms with E-state index >= 15 is 0 Å². The molecule has 3 aromatic carbocycles. The molecule has 5 nitrogen and oxygen atoms in total. The summed E-state index contributed by atoms with van der Waals surface area (Å²) in [4.78, 5) is 2.17. The molecule has 0 fully saturated rings. The Balaban J connectivity index is 2.07. The molecular formula is C24H22BrClN2O3S. The Kier molecular flexibility index (Phi) is 6.62. The van der Waals surface area contributed by atoms with E-state index in [9.17, 15) is 8.42 Å². The highest BCUT2D eigenvalue weighted by Gasteiger charge is 2.30. The molecule has 166 valence electrons. The first-order valence-corrected chi connectivity index (χ1v) is 12.6. The Morgan fingerprint density at radius 3 is 2.38 bits per heavy atom. The van der Waals surface area contributed by atoms with Crippen LogP contribution in [0.2, 0.25) is 5.02 Å². The van der Waals surface area contributed by atoms with E-state index in [0.29, 0.717) is 45.0 Å². The number of halogens is 2. The highest BCUT2D eigenvalue weighted by atomic mass is 79.9. The second-order valence-corrected chi connectivity index (χ2v) is 10.6. The monoisotopic (exact) mass is 532 g/mol. The molecule has 1 aromatic heterocycles. The van der Waals surface area contributed by atoms with E-state index in [2.05, 4.69) is 15.9 Å². The number of fused-ring (bicyclic) bond motifs is 1. The van der Waals surface area contributed by atoms with Gasteiger partial charge in [-0.25, -0.2) is 12.4 Å². The van der Waals surface area contributed by atoms with Gasteiger partial charge < -0.3 is 9.64 Å². The van der Waals surface area contributed by atoms with Gasteiger partial charge in [-0.1, -0.05) is 54.1 Å². The first kappa shape index (κ1) is 22.9. The van der Waals surface area contributed by atoms with Crippen molar-refractivity contribution in [3.8, 4) is 17.0 Å². The number of hydrogen-bond donors (Lipinski definition) is 0. The van der Waals surface area contributed by atoms with Crippen LogP contribution in [0.4, 0.5) is 0 Å². The summed E-state index contributed by atoms with van der Waals surface area (Å²) < 4.78 is 36.0. The van der Waals surface area contributed by atoms with Crippen LogP contribution in [-0.2, 0) is 10.0 Å². The normalized spacial score (nSPS) is 11.9. The van der Waals surface area contributed by atoms with E-state index in [1.165, 1.54) is 3.97 Å². The van der Waals surface area contributed by atoms with Crippen LogP contribution in [0, 0.1) is 0 Å². The van der Waals surface area contributed by atoms with Gasteiger partial charge >= 0.3 is 0 Å². The fraction of sp³-hybridized carbons (Fsp3) is 0.167. The standard InChI is InChI=1S/C24H22BrClN2O3S/c1-27(2)14-15-31-24-19-13-12-18(26)16-21(19)28(23(24)17-8-4-3-5-9-17)32(29,30)22-11-7-6-10-20(22)25/h3-13,16H,14-15H2,1-2H3. The zero-order valence-electron chi connectivity index (χ0n) is 17.6. The molecule has 0 aliphatic carbocycles. The molecule has 0 saturated heterocycles. The van der Waals surface area contributed by atoms with E-state index in [1.807, 2.05) is 49.3 Å². The van der Waals surface area contributed by atoms with E-state index in [-0.39, 0.29) is 4.90 Å². The van der Waals surface area contributed by atoms with E-state index in [1.54, 1.807) is 42.5 Å². The predicted octanol–water partition coefficient (Wildman–Crippen LogP) is 5.90. The Bertz CT molecular complexity index is 1370. The molecule has 0 unspecified atom stereocenters. The summed E-state index contributed by atoms with van der Waals surface area (Å²) in [5, 5.41) is 1.13. The summed E-state index contributed by atoms with van der Waals surface area (Å²) in [6.07, 6.45) is 0. The lowest BCUT2D eigenvalue weighted by Gasteiger charge is -2.15. The van der Waals surface area contributed by atoms with Gasteiger partial charge in [0.05, 0.1) is 5.52 Å². The molecule has 0 spiro atoms. The van der Waals surface area contributed by atoms with Crippen LogP contribution in [0.5, 0.6) is 5.75 Å². The Labute approximate surface area is 201 Å². The highest BCUT2D eigenvalue weighted by Crippen LogP contribution is 2.43. The number of likely N-dealkylation sites (N-methyl/N-ethyl adjacent to an activating group) is 1. The van der Waals surface area contributed by atoms with Gasteiger partial charge in [-0.15, -0.1) is 0 Å². The fourth-order valence-corrected chi connectivity index (χ4v) is 6.19. The van der Waals surface area contributed by atoms with Crippen LogP contribution in [0.1, 0.15) is 0 Å². The number of rotatable bonds is 7. The molecule has 32 heavy (non-hydrogen) atoms. The van der Waals surface area contributed by atoms with Gasteiger partial charge in [0.1, 0.15) is 17.2 Å². The topological polar surface area (TPSA) is 51.5 Å². The van der Waals surface area contributed by atoms with Gasteiger partial charge in [-0.2, -0.15) is 0 Å². The number of benzene rings is 3. The van der Waals surface area contributed by atoms with Crippen LogP contribution in [0.15, 0.2) is 82.2 Å². The largest absolute Gasteiger partial charge is 0.489 e. The molecule has 0 saturated carbocycles. The Morgan fingerprint density at radius 2 is 1.69 bits per heavy atom. The van der Waals surface area contributed by atoms with E-state index in [0.717, 1.165) is 5.56 Å². The summed E-state index contributed by atoms with van der Waals surface area (Å²) in [6.45, 7) is 1.09. The molecule has 4 rings (SSSR count). The third-order valence-electron chi connectivity index (χ3n) is 5.03. The molecule has 0 radical (unpaired) electrons. The third kappa shape index (κ3) is 4.30. The third-order valence-corrected chi connectivity index (χ3v) is 7.99. The second kappa shape index (κ2) is 9.27. The summed E-state index contributed by atoms with van der Waals surface area (Å²) in [7, 11) is -0.0712. The minimum atomic E-state index is -3.99. The summed E-state index contributed by atoms with van der Waals surface area (Å²) >= 11 is 9.70. The average Bonchev–Trinajstić information content (AvgIpc) is 3.08. The zero-order chi connectivity index (χ0) is 22.9. The molecule has 1 heterocycles. The molecule has 0 amide bonds. The van der Waals surface area contributed by atoms with Crippen molar-refractivity contribution in [3.05, 3.63) is 82.3 Å². The summed E-state index contributed by atoms with van der Waals surface area (Å²) in [6, 6.07) is 21.4. The van der Waals surface area contributed by atoms with Crippen LogP contribution in [0.25, 0.3) is 22.2 Å². The molecule has 0 bridgehead atoms. The lowest BCUT2D eigenvalue weighted by molar-refractivity contribution is 0.264. The maximum absolute atomic E-state index is 14.0. The lowest BCUT2D eigenvalue weighted by Crippen LogP contribution is -2.20. The molecular weight excluding hydrogens is 512 g/mol. The fourth-order valence-electron chi connectivity index (χ4n) is 3.53. The van der Waals surface area contributed by atoms with E-state index in [4.69, 9.17) is 16.3 Å². The maximum Gasteiger partial charge on any atom is 0.269 e. The van der Waals surface area contributed by atoms with Crippen molar-refractivity contribution in [2.24, 2.45) is 0 Å². The molecule has 8 heteroatoms. The van der Waals surface area contributed by atoms with Crippen molar-refractivity contribution < 1.29 is 13.2 Å². The van der Waals surface area contributed by atoms with Gasteiger partial charge in [-0.3, -0.25) is 0 Å². The number of ether oxygens (including phenoxy) is 1. The van der Waals surface area contributed by atoms with Gasteiger partial charge in [0.15, 0.2) is 5.75 Å². The quantitative estimate of drug-likeness (QED) is 0.297. The molecule has 0 aliphatic heterocycles. The number of hydrogen-bond acceptors (Lipinski definition) is 4. The van der Waals surface area contributed by atoms with Crippen molar-refractivity contribution in [1.82, 2.24) is 8.87 Å². The van der Waals surface area contributed by atoms with Gasteiger partial charge in [0.2, 0.25) is 0 Å². The summed E-state index contributed by atoms with van der Waals surface area (Å²) in [5.41, 5.74) is 1.67. The van der Waals surface area contributed by atoms with Crippen molar-refractivity contribution in [2.45, 2.75) is 4.90 Å². The smallest absolute Gasteiger partial charge is 0.269 e. The molecule has 0 aliphatic rings. The highest BCUT2D eigenvalue weighted by molar-refractivity contribution is 9.10. The minimum absolute atomic E-state index is 0.161. The minimum Gasteiger partial charge on any atom is -0.489 e. The summed E-state index contributed by atoms with van der Waals surface area (Å²) in [5.74, 6) is 0.514. The Hall–Kier alpha value is -2.32. The van der Waals surface area contributed by atoms with Gasteiger partial charge in [0, 0.05) is 27.0 Å². The van der Waals surface area contributed by atoms with Crippen molar-refractivity contribution >= 4 is 48.5 Å². The van der Waals surface area contributed by atoms with Gasteiger partial charge in [0.25, 0.3) is 10.0 Å². The predicted molar refractivity (Wildman–Crippen MR) is 133 cm³/mol. The Morgan fingerprint density at radius 1 is 1.00 bits per heavy atom. The lowest BCUT2D eigenvalue weighted by atomic mass is 10.1. The SMILES string of the molecule is CN(C)CCOc1c(-c2ccccc2)n(S(=O)(=O)c2ccccc2Br)c2cc(Cl)ccc12. The second-order valence-electron chi connectivity index (χ2n) is 7.56. The average molecular weight is 534 g/mol. The molecule has 4 aromatic rings. The number of aromatic nitrogens is 1. The first-order valence-electron chi connectivity index (χ1n) is 9.97. The van der Waals surface area contributed by atoms with Crippen LogP contribution < -0.4 is 4.74 Å². The van der Waals surface area contributed by atoms with Crippen molar-refractivity contribution in [3.63, 3.8) is 0 Å². The van der Waals surface area contributed by atoms with Crippen LogP contribution in [-0.4, -0.2) is 44.5 Å². The first-order chi connectivity index (χ1) is 15.3. The van der Waals surface area contributed by atoms with Gasteiger partial charge in [-0.05, 0) is 60.4 Å². The number of nitrogens with zero attached hydrogens (tertiary/aromatic N) is 2.